The molecule has 0 saturated carbocycles. The summed E-state index contributed by atoms with van der Waals surface area (Å²) in [5.74, 6) is -0.238. The first-order valence-electron chi connectivity index (χ1n) is 6.07. The Morgan fingerprint density at radius 2 is 1.90 bits per heavy atom. The molecule has 0 atom stereocenters. The van der Waals surface area contributed by atoms with Crippen molar-refractivity contribution < 1.29 is 13.2 Å². The molecule has 0 aliphatic heterocycles. The van der Waals surface area contributed by atoms with Crippen molar-refractivity contribution in [3.8, 4) is 0 Å². The highest BCUT2D eigenvalue weighted by Crippen LogP contribution is 2.16. The zero-order valence-electron chi connectivity index (χ0n) is 10.9. The molecule has 2 rings (SSSR count). The Morgan fingerprint density at radius 3 is 2.45 bits per heavy atom. The predicted octanol–water partition coefficient (Wildman–Crippen LogP) is 2.13. The molecule has 0 aliphatic carbocycles. The molecule has 104 valence electrons. The van der Waals surface area contributed by atoms with E-state index >= 15 is 0 Å². The molecule has 6 heteroatoms. The van der Waals surface area contributed by atoms with Crippen molar-refractivity contribution in [3.63, 3.8) is 0 Å². The van der Waals surface area contributed by atoms with Crippen molar-refractivity contribution in [3.05, 3.63) is 54.4 Å². The van der Waals surface area contributed by atoms with Crippen LogP contribution < -0.4 is 5.32 Å². The summed E-state index contributed by atoms with van der Waals surface area (Å²) in [6.45, 7) is 1.59. The minimum absolute atomic E-state index is 0.0500. The van der Waals surface area contributed by atoms with Crippen molar-refractivity contribution in [1.82, 2.24) is 4.98 Å². The van der Waals surface area contributed by atoms with Crippen LogP contribution in [0.15, 0.2) is 53.7 Å². The van der Waals surface area contributed by atoms with Gasteiger partial charge in [-0.25, -0.2) is 8.42 Å². The number of nitrogens with zero attached hydrogens (tertiary/aromatic N) is 1. The second-order valence-corrected chi connectivity index (χ2v) is 6.40. The third-order valence-corrected chi connectivity index (χ3v) is 4.53. The maximum Gasteiger partial charge on any atom is 0.257 e. The van der Waals surface area contributed by atoms with E-state index in [1.807, 2.05) is 0 Å². The number of benzene rings is 1. The molecule has 2 aromatic rings. The lowest BCUT2D eigenvalue weighted by molar-refractivity contribution is 0.102. The number of hydrogen-bond acceptors (Lipinski definition) is 4. The van der Waals surface area contributed by atoms with Crippen LogP contribution in [0.3, 0.4) is 0 Å². The molecule has 0 saturated heterocycles. The van der Waals surface area contributed by atoms with Gasteiger partial charge in [0.15, 0.2) is 9.84 Å². The number of amides is 1. The first-order valence-corrected chi connectivity index (χ1v) is 7.72. The van der Waals surface area contributed by atoms with Crippen LogP contribution in [0.2, 0.25) is 0 Å². The first-order chi connectivity index (χ1) is 9.53. The summed E-state index contributed by atoms with van der Waals surface area (Å²) >= 11 is 0. The molecule has 5 nitrogen and oxygen atoms in total. The third-order valence-electron chi connectivity index (χ3n) is 2.78. The van der Waals surface area contributed by atoms with E-state index in [1.165, 1.54) is 18.3 Å². The van der Waals surface area contributed by atoms with Crippen LogP contribution in [-0.4, -0.2) is 25.1 Å². The predicted molar refractivity (Wildman–Crippen MR) is 76.4 cm³/mol. The SMILES string of the molecule is CCS(=O)(=O)c1ccc(NC(=O)c2cccnc2)cc1. The summed E-state index contributed by atoms with van der Waals surface area (Å²) in [7, 11) is -3.22. The van der Waals surface area contributed by atoms with E-state index in [1.54, 1.807) is 37.4 Å². The van der Waals surface area contributed by atoms with E-state index in [0.717, 1.165) is 0 Å². The summed E-state index contributed by atoms with van der Waals surface area (Å²) in [6, 6.07) is 9.42. The van der Waals surface area contributed by atoms with Crippen LogP contribution in [0.1, 0.15) is 17.3 Å². The van der Waals surface area contributed by atoms with Gasteiger partial charge in [0.1, 0.15) is 0 Å². The van der Waals surface area contributed by atoms with Gasteiger partial charge in [0.25, 0.3) is 5.91 Å². The van der Waals surface area contributed by atoms with Crippen molar-refractivity contribution in [2.45, 2.75) is 11.8 Å². The maximum absolute atomic E-state index is 11.9. The fraction of sp³-hybridized carbons (Fsp3) is 0.143. The van der Waals surface area contributed by atoms with E-state index in [9.17, 15) is 13.2 Å². The molecule has 0 aliphatic rings. The Labute approximate surface area is 117 Å². The van der Waals surface area contributed by atoms with Crippen molar-refractivity contribution in [2.24, 2.45) is 0 Å². The molecule has 1 amide bonds. The van der Waals surface area contributed by atoms with E-state index < -0.39 is 9.84 Å². The lowest BCUT2D eigenvalue weighted by Gasteiger charge is -2.06. The fourth-order valence-electron chi connectivity index (χ4n) is 1.61. The highest BCUT2D eigenvalue weighted by Gasteiger charge is 2.11. The van der Waals surface area contributed by atoms with Gasteiger partial charge >= 0.3 is 0 Å². The number of anilines is 1. The highest BCUT2D eigenvalue weighted by molar-refractivity contribution is 7.91. The number of carbonyl (C=O) groups excluding carboxylic acids is 1. The summed E-state index contributed by atoms with van der Waals surface area (Å²) in [6.07, 6.45) is 3.05. The van der Waals surface area contributed by atoms with E-state index in [4.69, 9.17) is 0 Å². The number of hydrogen-bond donors (Lipinski definition) is 1. The Kier molecular flexibility index (Phi) is 4.14. The van der Waals surface area contributed by atoms with Gasteiger partial charge < -0.3 is 5.32 Å². The van der Waals surface area contributed by atoms with Gasteiger partial charge in [-0.3, -0.25) is 9.78 Å². The molecule has 0 unspecified atom stereocenters. The molecule has 1 heterocycles. The standard InChI is InChI=1S/C14H14N2O3S/c1-2-20(18,19)13-7-5-12(6-8-13)16-14(17)11-4-3-9-15-10-11/h3-10H,2H2,1H3,(H,16,17). The van der Waals surface area contributed by atoms with E-state index in [0.29, 0.717) is 11.3 Å². The second-order valence-electron chi connectivity index (χ2n) is 4.12. The van der Waals surface area contributed by atoms with Gasteiger partial charge in [0.05, 0.1) is 16.2 Å². The van der Waals surface area contributed by atoms with Crippen LogP contribution in [0.25, 0.3) is 0 Å². The Balaban J connectivity index is 2.14. The number of rotatable bonds is 4. The number of carbonyl (C=O) groups is 1. The molecule has 20 heavy (non-hydrogen) atoms. The lowest BCUT2D eigenvalue weighted by atomic mass is 10.2. The number of sulfone groups is 1. The number of aromatic nitrogens is 1. The lowest BCUT2D eigenvalue weighted by Crippen LogP contribution is -2.12. The maximum atomic E-state index is 11.9. The van der Waals surface area contributed by atoms with Gasteiger partial charge in [0.2, 0.25) is 0 Å². The smallest absolute Gasteiger partial charge is 0.257 e. The molecule has 1 aromatic heterocycles. The fourth-order valence-corrected chi connectivity index (χ4v) is 2.50. The van der Waals surface area contributed by atoms with Gasteiger partial charge in [-0.05, 0) is 36.4 Å². The van der Waals surface area contributed by atoms with E-state index in [2.05, 4.69) is 10.3 Å². The Hall–Kier alpha value is -2.21. The molecule has 0 fully saturated rings. The minimum atomic E-state index is -3.22. The molecule has 1 N–H and O–H groups in total. The summed E-state index contributed by atoms with van der Waals surface area (Å²) in [5, 5.41) is 2.68. The van der Waals surface area contributed by atoms with Crippen molar-refractivity contribution >= 4 is 21.4 Å². The molecule has 0 spiro atoms. The van der Waals surface area contributed by atoms with Crippen LogP contribution in [-0.2, 0) is 9.84 Å². The van der Waals surface area contributed by atoms with Crippen LogP contribution in [0.4, 0.5) is 5.69 Å². The van der Waals surface area contributed by atoms with Gasteiger partial charge in [0, 0.05) is 18.1 Å². The van der Waals surface area contributed by atoms with E-state index in [-0.39, 0.29) is 16.6 Å². The van der Waals surface area contributed by atoms with Crippen LogP contribution in [0, 0.1) is 0 Å². The first kappa shape index (κ1) is 14.2. The van der Waals surface area contributed by atoms with Crippen molar-refractivity contribution in [1.29, 1.82) is 0 Å². The molecular weight excluding hydrogens is 276 g/mol. The van der Waals surface area contributed by atoms with Crippen LogP contribution >= 0.6 is 0 Å². The Bertz CT molecular complexity index is 695. The molecule has 0 bridgehead atoms. The Morgan fingerprint density at radius 1 is 1.20 bits per heavy atom. The largest absolute Gasteiger partial charge is 0.322 e. The molecule has 1 aromatic carbocycles. The zero-order valence-corrected chi connectivity index (χ0v) is 11.7. The average molecular weight is 290 g/mol. The molecular formula is C14H14N2O3S. The van der Waals surface area contributed by atoms with Crippen molar-refractivity contribution in [2.75, 3.05) is 11.1 Å². The van der Waals surface area contributed by atoms with Gasteiger partial charge in [-0.1, -0.05) is 6.92 Å². The average Bonchev–Trinajstić information content (AvgIpc) is 2.48. The highest BCUT2D eigenvalue weighted by atomic mass is 32.2. The number of nitrogens with one attached hydrogen (secondary N) is 1. The third kappa shape index (κ3) is 3.21. The topological polar surface area (TPSA) is 76.1 Å². The van der Waals surface area contributed by atoms with Crippen LogP contribution in [0.5, 0.6) is 0 Å². The minimum Gasteiger partial charge on any atom is -0.322 e. The number of pyridine rings is 1. The summed E-state index contributed by atoms with van der Waals surface area (Å²) in [5.41, 5.74) is 0.978. The summed E-state index contributed by atoms with van der Waals surface area (Å²) in [4.78, 5) is 16.0. The molecule has 0 radical (unpaired) electrons. The monoisotopic (exact) mass is 290 g/mol. The normalized spacial score (nSPS) is 11.1. The van der Waals surface area contributed by atoms with Gasteiger partial charge in [-0.15, -0.1) is 0 Å². The zero-order chi connectivity index (χ0) is 14.6. The van der Waals surface area contributed by atoms with Gasteiger partial charge in [-0.2, -0.15) is 0 Å². The summed E-state index contributed by atoms with van der Waals surface area (Å²) < 4.78 is 23.3. The second kappa shape index (κ2) is 5.83. The quantitative estimate of drug-likeness (QED) is 0.935.